The van der Waals surface area contributed by atoms with Crippen LogP contribution in [0.4, 0.5) is 5.69 Å². The van der Waals surface area contributed by atoms with E-state index in [0.717, 1.165) is 32.2 Å². The number of hydrogen-bond acceptors (Lipinski definition) is 3. The minimum atomic E-state index is -0.690. The molecule has 1 fully saturated rings. The maximum absolute atomic E-state index is 9.27. The Morgan fingerprint density at radius 1 is 1.32 bits per heavy atom. The van der Waals surface area contributed by atoms with Crippen molar-refractivity contribution in [1.29, 1.82) is 5.26 Å². The highest BCUT2D eigenvalue weighted by Gasteiger charge is 2.32. The molecule has 0 bridgehead atoms. The van der Waals surface area contributed by atoms with Gasteiger partial charge in [-0.05, 0) is 36.8 Å². The van der Waals surface area contributed by atoms with Crippen molar-refractivity contribution in [3.05, 3.63) is 29.3 Å². The zero-order valence-electron chi connectivity index (χ0n) is 11.9. The minimum absolute atomic E-state index is 0.646. The number of nitriles is 1. The van der Waals surface area contributed by atoms with Gasteiger partial charge in [0, 0.05) is 18.8 Å². The second-order valence-electron chi connectivity index (χ2n) is 5.43. The van der Waals surface area contributed by atoms with Crippen LogP contribution in [0.1, 0.15) is 37.8 Å². The molecule has 1 aliphatic rings. The molecule has 2 rings (SSSR count). The molecule has 0 saturated carbocycles. The summed E-state index contributed by atoms with van der Waals surface area (Å²) in [4.78, 5) is 2.32. The number of para-hydroxylation sites is 1. The van der Waals surface area contributed by atoms with E-state index in [0.29, 0.717) is 6.54 Å². The summed E-state index contributed by atoms with van der Waals surface area (Å²) in [6.07, 6.45) is 3.83. The standard InChI is InChI=1S/C16H23N3/c1-3-13-7-5-8-14(4-2)15(13)19-10-6-9-16(18,11-17)12-19/h5,7-8H,3-4,6,9-10,12,18H2,1-2H3. The quantitative estimate of drug-likeness (QED) is 0.905. The van der Waals surface area contributed by atoms with E-state index in [2.05, 4.69) is 43.0 Å². The first-order chi connectivity index (χ1) is 9.13. The first-order valence-electron chi connectivity index (χ1n) is 7.19. The van der Waals surface area contributed by atoms with E-state index in [1.165, 1.54) is 16.8 Å². The van der Waals surface area contributed by atoms with E-state index in [-0.39, 0.29) is 0 Å². The smallest absolute Gasteiger partial charge is 0.121 e. The van der Waals surface area contributed by atoms with Crippen LogP contribution < -0.4 is 10.6 Å². The molecule has 102 valence electrons. The summed E-state index contributed by atoms with van der Waals surface area (Å²) in [7, 11) is 0. The van der Waals surface area contributed by atoms with Crippen molar-refractivity contribution in [1.82, 2.24) is 0 Å². The van der Waals surface area contributed by atoms with Crippen molar-refractivity contribution < 1.29 is 0 Å². The molecule has 0 aliphatic carbocycles. The summed E-state index contributed by atoms with van der Waals surface area (Å²) in [5, 5.41) is 9.27. The lowest BCUT2D eigenvalue weighted by atomic mass is 9.90. The molecule has 3 nitrogen and oxygen atoms in total. The third kappa shape index (κ3) is 2.74. The van der Waals surface area contributed by atoms with E-state index >= 15 is 0 Å². The fourth-order valence-electron chi connectivity index (χ4n) is 2.99. The summed E-state index contributed by atoms with van der Waals surface area (Å²) >= 11 is 0. The maximum Gasteiger partial charge on any atom is 0.121 e. The third-order valence-corrected chi connectivity index (χ3v) is 4.03. The van der Waals surface area contributed by atoms with Crippen LogP contribution in [-0.2, 0) is 12.8 Å². The third-order valence-electron chi connectivity index (χ3n) is 4.03. The lowest BCUT2D eigenvalue weighted by molar-refractivity contribution is 0.423. The van der Waals surface area contributed by atoms with Crippen LogP contribution in [0.5, 0.6) is 0 Å². The average molecular weight is 257 g/mol. The molecule has 1 atom stereocenters. The second kappa shape index (κ2) is 5.63. The highest BCUT2D eigenvalue weighted by Crippen LogP contribution is 2.31. The predicted octanol–water partition coefficient (Wildman–Crippen LogP) is 2.63. The van der Waals surface area contributed by atoms with Gasteiger partial charge in [0.15, 0.2) is 0 Å². The Kier molecular flexibility index (Phi) is 4.11. The molecule has 19 heavy (non-hydrogen) atoms. The highest BCUT2D eigenvalue weighted by molar-refractivity contribution is 5.61. The van der Waals surface area contributed by atoms with Gasteiger partial charge in [0.1, 0.15) is 5.54 Å². The number of rotatable bonds is 3. The molecule has 3 heteroatoms. The molecular formula is C16H23N3. The van der Waals surface area contributed by atoms with Crippen molar-refractivity contribution in [3.8, 4) is 6.07 Å². The number of nitrogens with zero attached hydrogens (tertiary/aromatic N) is 2. The Labute approximate surface area is 116 Å². The van der Waals surface area contributed by atoms with Crippen LogP contribution in [0, 0.1) is 11.3 Å². The largest absolute Gasteiger partial charge is 0.368 e. The van der Waals surface area contributed by atoms with Gasteiger partial charge in [0.2, 0.25) is 0 Å². The van der Waals surface area contributed by atoms with E-state index < -0.39 is 5.54 Å². The van der Waals surface area contributed by atoms with Gasteiger partial charge in [0.05, 0.1) is 6.07 Å². The van der Waals surface area contributed by atoms with Gasteiger partial charge < -0.3 is 10.6 Å². The first-order valence-corrected chi connectivity index (χ1v) is 7.19. The first kappa shape index (κ1) is 13.9. The van der Waals surface area contributed by atoms with Crippen LogP contribution in [0.15, 0.2) is 18.2 Å². The number of nitrogens with two attached hydrogens (primary N) is 1. The van der Waals surface area contributed by atoms with E-state index in [4.69, 9.17) is 5.73 Å². The Bertz CT molecular complexity index is 467. The van der Waals surface area contributed by atoms with Crippen molar-refractivity contribution >= 4 is 5.69 Å². The van der Waals surface area contributed by atoms with Crippen LogP contribution in [0.3, 0.4) is 0 Å². The lowest BCUT2D eigenvalue weighted by Crippen LogP contribution is -2.53. The van der Waals surface area contributed by atoms with Crippen LogP contribution in [-0.4, -0.2) is 18.6 Å². The molecular weight excluding hydrogens is 234 g/mol. The summed E-state index contributed by atoms with van der Waals surface area (Å²) in [6.45, 7) is 6.02. The van der Waals surface area contributed by atoms with Gasteiger partial charge in [-0.2, -0.15) is 5.26 Å². The zero-order chi connectivity index (χ0) is 13.9. The van der Waals surface area contributed by atoms with Crippen LogP contribution >= 0.6 is 0 Å². The molecule has 2 N–H and O–H groups in total. The topological polar surface area (TPSA) is 53.0 Å². The van der Waals surface area contributed by atoms with Gasteiger partial charge in [-0.3, -0.25) is 0 Å². The monoisotopic (exact) mass is 257 g/mol. The molecule has 1 aliphatic heterocycles. The van der Waals surface area contributed by atoms with Crippen molar-refractivity contribution in [2.24, 2.45) is 5.73 Å². The van der Waals surface area contributed by atoms with Gasteiger partial charge in [0.25, 0.3) is 0 Å². The number of aryl methyl sites for hydroxylation is 2. The van der Waals surface area contributed by atoms with Gasteiger partial charge in [-0.1, -0.05) is 32.0 Å². The second-order valence-corrected chi connectivity index (χ2v) is 5.43. The van der Waals surface area contributed by atoms with Gasteiger partial charge in [-0.15, -0.1) is 0 Å². The van der Waals surface area contributed by atoms with E-state index in [1.54, 1.807) is 0 Å². The summed E-state index contributed by atoms with van der Waals surface area (Å²) in [6, 6.07) is 8.80. The predicted molar refractivity (Wildman–Crippen MR) is 79.2 cm³/mol. The average Bonchev–Trinajstić information content (AvgIpc) is 2.46. The van der Waals surface area contributed by atoms with E-state index in [9.17, 15) is 5.26 Å². The molecule has 0 amide bonds. The van der Waals surface area contributed by atoms with Crippen molar-refractivity contribution in [2.45, 2.75) is 45.1 Å². The maximum atomic E-state index is 9.27. The Morgan fingerprint density at radius 2 is 1.95 bits per heavy atom. The van der Waals surface area contributed by atoms with Crippen molar-refractivity contribution in [3.63, 3.8) is 0 Å². The molecule has 0 spiro atoms. The minimum Gasteiger partial charge on any atom is -0.368 e. The molecule has 1 aromatic rings. The number of hydrogen-bond donors (Lipinski definition) is 1. The van der Waals surface area contributed by atoms with Crippen LogP contribution in [0.2, 0.25) is 0 Å². The molecule has 1 aromatic carbocycles. The van der Waals surface area contributed by atoms with Crippen LogP contribution in [0.25, 0.3) is 0 Å². The SMILES string of the molecule is CCc1cccc(CC)c1N1CCCC(N)(C#N)C1. The van der Waals surface area contributed by atoms with Gasteiger partial charge >= 0.3 is 0 Å². The summed E-state index contributed by atoms with van der Waals surface area (Å²) in [5.74, 6) is 0. The van der Waals surface area contributed by atoms with E-state index in [1.807, 2.05) is 0 Å². The summed E-state index contributed by atoms with van der Waals surface area (Å²) in [5.41, 5.74) is 9.52. The molecule has 0 radical (unpaired) electrons. The Hall–Kier alpha value is -1.53. The Balaban J connectivity index is 2.38. The lowest BCUT2D eigenvalue weighted by Gasteiger charge is -2.39. The van der Waals surface area contributed by atoms with Crippen molar-refractivity contribution in [2.75, 3.05) is 18.0 Å². The summed E-state index contributed by atoms with van der Waals surface area (Å²) < 4.78 is 0. The number of benzene rings is 1. The highest BCUT2D eigenvalue weighted by atomic mass is 15.2. The molecule has 1 unspecified atom stereocenters. The fourth-order valence-corrected chi connectivity index (χ4v) is 2.99. The van der Waals surface area contributed by atoms with Gasteiger partial charge in [-0.25, -0.2) is 0 Å². The zero-order valence-corrected chi connectivity index (χ0v) is 11.9. The molecule has 1 saturated heterocycles. The number of anilines is 1. The molecule has 1 heterocycles. The fraction of sp³-hybridized carbons (Fsp3) is 0.562. The normalized spacial score (nSPS) is 23.2. The Morgan fingerprint density at radius 3 is 2.47 bits per heavy atom. The number of piperidine rings is 1. The molecule has 0 aromatic heterocycles.